The molecule has 1 saturated heterocycles. The lowest BCUT2D eigenvalue weighted by molar-refractivity contribution is -0.132. The molecule has 7 heteroatoms. The molecule has 0 bridgehead atoms. The zero-order valence-electron chi connectivity index (χ0n) is 21.6. The van der Waals surface area contributed by atoms with Crippen LogP contribution in [0.3, 0.4) is 0 Å². The molecule has 4 rings (SSSR count). The second kappa shape index (κ2) is 10.1. The molecular formula is C28H39N5O2. The molecule has 2 aromatic rings. The van der Waals surface area contributed by atoms with Gasteiger partial charge in [0, 0.05) is 36.7 Å². The number of amides is 2. The van der Waals surface area contributed by atoms with Crippen molar-refractivity contribution in [2.24, 2.45) is 10.8 Å². The molecule has 1 aromatic heterocycles. The maximum absolute atomic E-state index is 13.0. The number of nitrogens with one attached hydrogen (secondary N) is 1. The molecule has 35 heavy (non-hydrogen) atoms. The van der Waals surface area contributed by atoms with Crippen LogP contribution in [-0.2, 0) is 21.7 Å². The van der Waals surface area contributed by atoms with E-state index in [4.69, 9.17) is 0 Å². The van der Waals surface area contributed by atoms with Crippen molar-refractivity contribution >= 4 is 11.8 Å². The first-order valence-electron chi connectivity index (χ1n) is 12.7. The molecule has 1 aliphatic carbocycles. The van der Waals surface area contributed by atoms with Crippen LogP contribution in [0.1, 0.15) is 63.6 Å². The molecule has 0 radical (unpaired) electrons. The van der Waals surface area contributed by atoms with Crippen molar-refractivity contribution in [1.29, 1.82) is 0 Å². The van der Waals surface area contributed by atoms with Crippen LogP contribution in [0, 0.1) is 10.8 Å². The van der Waals surface area contributed by atoms with Gasteiger partial charge in [-0.05, 0) is 63.2 Å². The Morgan fingerprint density at radius 1 is 1.11 bits per heavy atom. The van der Waals surface area contributed by atoms with E-state index >= 15 is 0 Å². The van der Waals surface area contributed by atoms with Gasteiger partial charge in [-0.15, -0.1) is 0 Å². The molecule has 1 N–H and O–H groups in total. The van der Waals surface area contributed by atoms with Gasteiger partial charge in [-0.1, -0.05) is 44.2 Å². The van der Waals surface area contributed by atoms with E-state index in [2.05, 4.69) is 64.6 Å². The van der Waals surface area contributed by atoms with Gasteiger partial charge in [0.05, 0.1) is 12.2 Å². The summed E-state index contributed by atoms with van der Waals surface area (Å²) in [6.45, 7) is 5.70. The molecule has 2 aliphatic rings. The van der Waals surface area contributed by atoms with Gasteiger partial charge in [0.15, 0.2) is 0 Å². The fraction of sp³-hybridized carbons (Fsp3) is 0.571. The van der Waals surface area contributed by atoms with E-state index in [9.17, 15) is 9.59 Å². The Kier molecular flexibility index (Phi) is 7.27. The number of carbonyl (C=O) groups excluding carboxylic acids is 2. The van der Waals surface area contributed by atoms with Gasteiger partial charge in [0.25, 0.3) is 0 Å². The first-order valence-corrected chi connectivity index (χ1v) is 12.7. The summed E-state index contributed by atoms with van der Waals surface area (Å²) >= 11 is 0. The summed E-state index contributed by atoms with van der Waals surface area (Å²) in [6.07, 6.45) is 8.62. The molecule has 1 aliphatic heterocycles. The summed E-state index contributed by atoms with van der Waals surface area (Å²) in [4.78, 5) is 38.3. The summed E-state index contributed by atoms with van der Waals surface area (Å²) in [6, 6.07) is 12.6. The smallest absolute Gasteiger partial charge is 0.226 e. The van der Waals surface area contributed by atoms with Crippen LogP contribution in [0.2, 0.25) is 0 Å². The third kappa shape index (κ3) is 5.40. The van der Waals surface area contributed by atoms with Crippen LogP contribution in [0.5, 0.6) is 0 Å². The number of hydrogen-bond donors (Lipinski definition) is 1. The Bertz CT molecular complexity index is 1010. The summed E-state index contributed by atoms with van der Waals surface area (Å²) < 4.78 is 0. The van der Waals surface area contributed by atoms with Crippen LogP contribution >= 0.6 is 0 Å². The highest BCUT2D eigenvalue weighted by atomic mass is 16.2. The normalized spacial score (nSPS) is 24.8. The second-order valence-electron chi connectivity index (χ2n) is 11.3. The maximum atomic E-state index is 13.0. The second-order valence-corrected chi connectivity index (χ2v) is 11.3. The molecular weight excluding hydrogens is 438 g/mol. The number of carbonyl (C=O) groups is 2. The van der Waals surface area contributed by atoms with Gasteiger partial charge < -0.3 is 10.2 Å². The highest BCUT2D eigenvalue weighted by Crippen LogP contribution is 2.52. The minimum atomic E-state index is -0.566. The van der Waals surface area contributed by atoms with E-state index in [0.29, 0.717) is 25.9 Å². The first-order chi connectivity index (χ1) is 16.7. The number of hydrogen-bond acceptors (Lipinski definition) is 5. The molecule has 188 valence electrons. The van der Waals surface area contributed by atoms with Gasteiger partial charge in [0.2, 0.25) is 11.8 Å². The van der Waals surface area contributed by atoms with E-state index in [1.165, 1.54) is 11.9 Å². The fourth-order valence-electron chi connectivity index (χ4n) is 5.82. The predicted octanol–water partition coefficient (Wildman–Crippen LogP) is 3.76. The Morgan fingerprint density at radius 2 is 1.83 bits per heavy atom. The lowest BCUT2D eigenvalue weighted by Crippen LogP contribution is -2.47. The molecule has 0 atom stereocenters. The Balaban J connectivity index is 1.33. The third-order valence-electron chi connectivity index (χ3n) is 8.40. The van der Waals surface area contributed by atoms with Crippen molar-refractivity contribution in [3.05, 3.63) is 60.2 Å². The van der Waals surface area contributed by atoms with E-state index in [1.807, 2.05) is 18.7 Å². The number of benzene rings is 1. The van der Waals surface area contributed by atoms with E-state index in [1.54, 1.807) is 12.3 Å². The van der Waals surface area contributed by atoms with Crippen LogP contribution in [-0.4, -0.2) is 58.8 Å². The van der Waals surface area contributed by atoms with Gasteiger partial charge in [0.1, 0.15) is 6.33 Å². The Labute approximate surface area is 209 Å². The average Bonchev–Trinajstić information content (AvgIpc) is 3.17. The molecule has 1 spiro atoms. The summed E-state index contributed by atoms with van der Waals surface area (Å²) in [7, 11) is 4.35. The molecule has 2 heterocycles. The van der Waals surface area contributed by atoms with Gasteiger partial charge >= 0.3 is 0 Å². The van der Waals surface area contributed by atoms with Crippen molar-refractivity contribution in [3.8, 4) is 0 Å². The minimum Gasteiger partial charge on any atom is -0.350 e. The third-order valence-corrected chi connectivity index (χ3v) is 8.40. The zero-order valence-corrected chi connectivity index (χ0v) is 21.6. The van der Waals surface area contributed by atoms with Crippen LogP contribution < -0.4 is 5.32 Å². The van der Waals surface area contributed by atoms with Crippen LogP contribution in [0.4, 0.5) is 0 Å². The Morgan fingerprint density at radius 3 is 2.46 bits per heavy atom. The summed E-state index contributed by atoms with van der Waals surface area (Å²) in [5.74, 6) is 0.216. The van der Waals surface area contributed by atoms with Crippen molar-refractivity contribution < 1.29 is 9.59 Å². The highest BCUT2D eigenvalue weighted by molar-refractivity contribution is 5.82. The minimum absolute atomic E-state index is 0.0197. The van der Waals surface area contributed by atoms with Crippen molar-refractivity contribution in [3.63, 3.8) is 0 Å². The zero-order chi connectivity index (χ0) is 25.1. The van der Waals surface area contributed by atoms with E-state index in [0.717, 1.165) is 37.9 Å². The maximum Gasteiger partial charge on any atom is 0.226 e. The predicted molar refractivity (Wildman–Crippen MR) is 136 cm³/mol. The van der Waals surface area contributed by atoms with E-state index in [-0.39, 0.29) is 22.8 Å². The standard InChI is InChI=1S/C28H39N5O2/c1-26(2,25(35)30-19-23-10-16-29-21-31-23)15-17-33-20-27(18-24(33)34)11-13-28(14-12-27,32(3)4)22-8-6-5-7-9-22/h5-10,16,21H,11-15,17-20H2,1-4H3,(H,30,35)/t27-,28-. The SMILES string of the molecule is CN(C)[C@]1(c2ccccc2)CC[C@@]2(CC1)CC(=O)N(CCC(C)(C)C(=O)NCc1ccncn1)C2. The van der Waals surface area contributed by atoms with Crippen molar-refractivity contribution in [1.82, 2.24) is 25.1 Å². The molecule has 1 saturated carbocycles. The largest absolute Gasteiger partial charge is 0.350 e. The lowest BCUT2D eigenvalue weighted by Gasteiger charge is -2.49. The molecule has 7 nitrogen and oxygen atoms in total. The summed E-state index contributed by atoms with van der Waals surface area (Å²) in [5.41, 5.74) is 1.68. The monoisotopic (exact) mass is 477 g/mol. The summed E-state index contributed by atoms with van der Waals surface area (Å²) in [5, 5.41) is 2.98. The molecule has 1 aromatic carbocycles. The first kappa shape index (κ1) is 25.3. The highest BCUT2D eigenvalue weighted by Gasteiger charge is 2.50. The molecule has 0 unspecified atom stereocenters. The van der Waals surface area contributed by atoms with Crippen LogP contribution in [0.25, 0.3) is 0 Å². The number of aromatic nitrogens is 2. The van der Waals surface area contributed by atoms with Gasteiger partial charge in [-0.2, -0.15) is 0 Å². The quantitative estimate of drug-likeness (QED) is 0.626. The number of nitrogens with zero attached hydrogens (tertiary/aromatic N) is 4. The fourth-order valence-corrected chi connectivity index (χ4v) is 5.82. The van der Waals surface area contributed by atoms with Crippen molar-refractivity contribution in [2.45, 2.75) is 64.5 Å². The molecule has 2 amide bonds. The van der Waals surface area contributed by atoms with Crippen LogP contribution in [0.15, 0.2) is 48.9 Å². The number of rotatable bonds is 8. The topological polar surface area (TPSA) is 78.4 Å². The van der Waals surface area contributed by atoms with Gasteiger partial charge in [-0.3, -0.25) is 14.5 Å². The van der Waals surface area contributed by atoms with Crippen molar-refractivity contribution in [2.75, 3.05) is 27.2 Å². The van der Waals surface area contributed by atoms with Gasteiger partial charge in [-0.25, -0.2) is 9.97 Å². The average molecular weight is 478 g/mol. The lowest BCUT2D eigenvalue weighted by atomic mass is 9.64. The van der Waals surface area contributed by atoms with E-state index < -0.39 is 5.41 Å². The molecule has 2 fully saturated rings. The number of likely N-dealkylation sites (tertiary alicyclic amines) is 1. The Hall–Kier alpha value is -2.80.